The van der Waals surface area contributed by atoms with Crippen LogP contribution in [0.1, 0.15) is 16.7 Å². The van der Waals surface area contributed by atoms with Crippen LogP contribution in [0.15, 0.2) is 90.1 Å². The first-order chi connectivity index (χ1) is 19.9. The number of alkyl halides is 3. The molecule has 0 aliphatic carbocycles. The second-order valence-corrected chi connectivity index (χ2v) is 11.4. The smallest absolute Gasteiger partial charge is 0.421 e. The zero-order chi connectivity index (χ0) is 30.1. The van der Waals surface area contributed by atoms with Gasteiger partial charge in [-0.25, -0.2) is 22.9 Å². The molecule has 216 valence electrons. The van der Waals surface area contributed by atoms with E-state index in [9.17, 15) is 26.4 Å². The summed E-state index contributed by atoms with van der Waals surface area (Å²) in [4.78, 5) is 20.5. The summed E-state index contributed by atoms with van der Waals surface area (Å²) in [6.45, 7) is 1.71. The number of fused-ring (bicyclic) bond motifs is 1. The highest BCUT2D eigenvalue weighted by atomic mass is 35.5. The summed E-state index contributed by atoms with van der Waals surface area (Å²) in [5.41, 5.74) is 2.39. The number of imidazole rings is 1. The highest BCUT2D eigenvalue weighted by molar-refractivity contribution is 7.90. The number of aryl methyl sites for hydroxylation is 1. The molecule has 0 atom stereocenters. The molecule has 0 fully saturated rings. The second kappa shape index (κ2) is 11.5. The van der Waals surface area contributed by atoms with Crippen molar-refractivity contribution in [2.24, 2.45) is 0 Å². The number of nitrogens with zero attached hydrogens (tertiary/aromatic N) is 3. The van der Waals surface area contributed by atoms with Crippen molar-refractivity contribution in [2.45, 2.75) is 24.4 Å². The molecular formula is C29H22ClF3N4O4S. The van der Waals surface area contributed by atoms with Gasteiger partial charge in [-0.3, -0.25) is 9.55 Å². The van der Waals surface area contributed by atoms with Crippen molar-refractivity contribution in [2.75, 3.05) is 6.61 Å². The summed E-state index contributed by atoms with van der Waals surface area (Å²) < 4.78 is 73.9. The number of halogens is 4. The van der Waals surface area contributed by atoms with Gasteiger partial charge in [-0.1, -0.05) is 41.4 Å². The van der Waals surface area contributed by atoms with E-state index >= 15 is 0 Å². The molecule has 0 unspecified atom stereocenters. The minimum atomic E-state index is -4.64. The molecule has 0 radical (unpaired) electrons. The van der Waals surface area contributed by atoms with Crippen LogP contribution in [0.2, 0.25) is 5.02 Å². The van der Waals surface area contributed by atoms with Gasteiger partial charge in [0.1, 0.15) is 5.82 Å². The van der Waals surface area contributed by atoms with Crippen LogP contribution in [0, 0.1) is 6.92 Å². The first-order valence-electron chi connectivity index (χ1n) is 12.5. The van der Waals surface area contributed by atoms with E-state index in [4.69, 9.17) is 16.3 Å². The van der Waals surface area contributed by atoms with Crippen LogP contribution in [0.3, 0.4) is 0 Å². The zero-order valence-corrected chi connectivity index (χ0v) is 23.5. The molecule has 0 bridgehead atoms. The lowest BCUT2D eigenvalue weighted by Gasteiger charge is -2.12. The molecule has 0 saturated heterocycles. The lowest BCUT2D eigenvalue weighted by Crippen LogP contribution is -2.31. The van der Waals surface area contributed by atoms with Crippen molar-refractivity contribution in [3.63, 3.8) is 0 Å². The van der Waals surface area contributed by atoms with Crippen LogP contribution in [-0.2, 0) is 27.4 Å². The van der Waals surface area contributed by atoms with Gasteiger partial charge in [0.05, 0.1) is 33.1 Å². The van der Waals surface area contributed by atoms with Gasteiger partial charge in [0.25, 0.3) is 10.0 Å². The quantitative estimate of drug-likeness (QED) is 0.218. The number of rotatable bonds is 7. The number of sulfonamides is 1. The molecule has 0 aliphatic heterocycles. The van der Waals surface area contributed by atoms with Crippen molar-refractivity contribution in [1.82, 2.24) is 19.3 Å². The van der Waals surface area contributed by atoms with Gasteiger partial charge in [0.2, 0.25) is 0 Å². The van der Waals surface area contributed by atoms with Crippen LogP contribution >= 0.6 is 11.6 Å². The molecular weight excluding hydrogens is 593 g/mol. The Kier molecular flexibility index (Phi) is 7.93. The van der Waals surface area contributed by atoms with E-state index in [1.807, 2.05) is 11.6 Å². The maximum absolute atomic E-state index is 13.5. The number of pyridine rings is 1. The van der Waals surface area contributed by atoms with Crippen LogP contribution < -0.4 is 4.72 Å². The van der Waals surface area contributed by atoms with Gasteiger partial charge in [-0.05, 0) is 61.0 Å². The van der Waals surface area contributed by atoms with E-state index in [2.05, 4.69) is 9.97 Å². The minimum absolute atomic E-state index is 0.0604. The summed E-state index contributed by atoms with van der Waals surface area (Å²) in [6.07, 6.45) is -2.36. The Balaban J connectivity index is 1.34. The summed E-state index contributed by atoms with van der Waals surface area (Å²) in [7, 11) is -4.07. The van der Waals surface area contributed by atoms with E-state index in [0.717, 1.165) is 17.2 Å². The fourth-order valence-corrected chi connectivity index (χ4v) is 5.42. The average Bonchev–Trinajstić information content (AvgIpc) is 3.31. The van der Waals surface area contributed by atoms with Crippen molar-refractivity contribution < 1.29 is 31.1 Å². The number of carbonyl (C=O) groups excluding carboxylic acids is 1. The lowest BCUT2D eigenvalue weighted by molar-refractivity contribution is -0.137. The van der Waals surface area contributed by atoms with Gasteiger partial charge < -0.3 is 4.74 Å². The first-order valence-corrected chi connectivity index (χ1v) is 14.3. The predicted octanol–water partition coefficient (Wildman–Crippen LogP) is 6.73. The highest BCUT2D eigenvalue weighted by Crippen LogP contribution is 2.39. The van der Waals surface area contributed by atoms with Crippen molar-refractivity contribution in [1.29, 1.82) is 0 Å². The third kappa shape index (κ3) is 6.24. The largest absolute Gasteiger partial charge is 0.448 e. The number of aromatic nitrogens is 3. The Morgan fingerprint density at radius 1 is 1.00 bits per heavy atom. The maximum Gasteiger partial charge on any atom is 0.421 e. The average molecular weight is 615 g/mol. The number of nitrogens with one attached hydrogen (secondary N) is 1. The Morgan fingerprint density at radius 3 is 2.31 bits per heavy atom. The topological polar surface area (TPSA) is 103 Å². The van der Waals surface area contributed by atoms with E-state index < -0.39 is 32.9 Å². The Labute approximate surface area is 243 Å². The molecule has 0 spiro atoms. The lowest BCUT2D eigenvalue weighted by atomic mass is 10.1. The van der Waals surface area contributed by atoms with Gasteiger partial charge in [0.15, 0.2) is 0 Å². The standard InChI is InChI=1S/C29H22ClF3N4O4S/c1-18-2-8-22(9-3-18)42(39,40)36-28(38)41-15-12-19-4-6-21(7-5-19)37-26-17-24(30)23(29(31,32)33)16-25(26)35-27(37)20-10-13-34-14-11-20/h2-11,13-14,16-17H,12,15H2,1H3,(H,36,38). The van der Waals surface area contributed by atoms with E-state index in [1.54, 1.807) is 65.5 Å². The Morgan fingerprint density at radius 2 is 1.67 bits per heavy atom. The first kappa shape index (κ1) is 29.1. The summed E-state index contributed by atoms with van der Waals surface area (Å²) in [5, 5.41) is -0.450. The summed E-state index contributed by atoms with van der Waals surface area (Å²) >= 11 is 6.04. The van der Waals surface area contributed by atoms with Crippen LogP contribution in [0.4, 0.5) is 18.0 Å². The number of ether oxygens (including phenoxy) is 1. The van der Waals surface area contributed by atoms with Gasteiger partial charge in [-0.15, -0.1) is 0 Å². The molecule has 13 heteroatoms. The molecule has 1 N–H and O–H groups in total. The minimum Gasteiger partial charge on any atom is -0.448 e. The summed E-state index contributed by atoms with van der Waals surface area (Å²) in [5.74, 6) is 0.394. The van der Waals surface area contributed by atoms with Crippen LogP contribution in [0.5, 0.6) is 0 Å². The van der Waals surface area contributed by atoms with Crippen molar-refractivity contribution in [3.8, 4) is 17.1 Å². The predicted molar refractivity (Wildman–Crippen MR) is 151 cm³/mol. The van der Waals surface area contributed by atoms with Crippen LogP contribution in [0.25, 0.3) is 28.1 Å². The zero-order valence-electron chi connectivity index (χ0n) is 21.9. The Hall–Kier alpha value is -4.42. The fraction of sp³-hybridized carbons (Fsp3) is 0.138. The fourth-order valence-electron chi connectivity index (χ4n) is 4.26. The van der Waals surface area contributed by atoms with Gasteiger partial charge in [0, 0.05) is 30.1 Å². The molecule has 5 aromatic rings. The van der Waals surface area contributed by atoms with E-state index in [-0.39, 0.29) is 23.4 Å². The van der Waals surface area contributed by atoms with E-state index in [1.165, 1.54) is 18.2 Å². The van der Waals surface area contributed by atoms with Gasteiger partial charge >= 0.3 is 12.3 Å². The number of hydrogen-bond acceptors (Lipinski definition) is 6. The number of benzene rings is 3. The molecule has 2 aromatic heterocycles. The molecule has 2 heterocycles. The molecule has 3 aromatic carbocycles. The number of carbonyl (C=O) groups is 1. The molecule has 5 rings (SSSR count). The Bertz CT molecular complexity index is 1860. The monoisotopic (exact) mass is 614 g/mol. The van der Waals surface area contributed by atoms with Crippen molar-refractivity contribution in [3.05, 3.63) is 107 Å². The molecule has 8 nitrogen and oxygen atoms in total. The third-order valence-electron chi connectivity index (χ3n) is 6.35. The van der Waals surface area contributed by atoms with Crippen molar-refractivity contribution >= 4 is 38.8 Å². The normalized spacial score (nSPS) is 11.9. The molecule has 1 amide bonds. The second-order valence-electron chi connectivity index (χ2n) is 9.30. The SMILES string of the molecule is Cc1ccc(S(=O)(=O)NC(=O)OCCc2ccc(-n3c(-c4ccncc4)nc4cc(C(F)(F)F)c(Cl)cc43)cc2)cc1. The van der Waals surface area contributed by atoms with E-state index in [0.29, 0.717) is 22.6 Å². The third-order valence-corrected chi connectivity index (χ3v) is 8.00. The maximum atomic E-state index is 13.5. The number of amides is 1. The highest BCUT2D eigenvalue weighted by Gasteiger charge is 2.34. The van der Waals surface area contributed by atoms with Crippen LogP contribution in [-0.4, -0.2) is 35.7 Å². The molecule has 42 heavy (non-hydrogen) atoms. The van der Waals surface area contributed by atoms with Gasteiger partial charge in [-0.2, -0.15) is 13.2 Å². The molecule has 0 saturated carbocycles. The number of hydrogen-bond donors (Lipinski definition) is 1. The summed E-state index contributed by atoms with van der Waals surface area (Å²) in [6, 6.07) is 18.6. The molecule has 0 aliphatic rings.